The molecule has 0 aromatic heterocycles. The minimum absolute atomic E-state index is 0.197. The summed E-state index contributed by atoms with van der Waals surface area (Å²) >= 11 is 0. The Morgan fingerprint density at radius 3 is 2.07 bits per heavy atom. The first-order chi connectivity index (χ1) is 20.8. The second-order valence-corrected chi connectivity index (χ2v) is 11.5. The smallest absolute Gasteiger partial charge is 0.346 e. The lowest BCUT2D eigenvalue weighted by Gasteiger charge is -2.29. The molecule has 0 spiro atoms. The number of rotatable bonds is 18. The molecule has 3 rings (SSSR count). The number of alkyl halides is 1. The Labute approximate surface area is 254 Å². The molecular formula is C35H47F3O5. The van der Waals surface area contributed by atoms with E-state index < -0.39 is 35.3 Å². The lowest BCUT2D eigenvalue weighted by atomic mass is 9.83. The van der Waals surface area contributed by atoms with Gasteiger partial charge in [0.1, 0.15) is 11.9 Å². The van der Waals surface area contributed by atoms with Gasteiger partial charge in [0.2, 0.25) is 5.82 Å². The maximum absolute atomic E-state index is 14.7. The third kappa shape index (κ3) is 11.2. The molecule has 2 aromatic carbocycles. The summed E-state index contributed by atoms with van der Waals surface area (Å²) < 4.78 is 59.4. The predicted molar refractivity (Wildman–Crippen MR) is 161 cm³/mol. The Hall–Kier alpha value is -3.03. The predicted octanol–water partition coefficient (Wildman–Crippen LogP) is 9.80. The van der Waals surface area contributed by atoms with Gasteiger partial charge in [-0.15, -0.1) is 0 Å². The van der Waals surface area contributed by atoms with Crippen LogP contribution in [0.4, 0.5) is 13.2 Å². The van der Waals surface area contributed by atoms with E-state index in [2.05, 4.69) is 6.92 Å². The van der Waals surface area contributed by atoms with Gasteiger partial charge in [-0.05, 0) is 74.3 Å². The van der Waals surface area contributed by atoms with Crippen molar-refractivity contribution in [3.63, 3.8) is 0 Å². The van der Waals surface area contributed by atoms with E-state index in [0.29, 0.717) is 19.3 Å². The molecular weight excluding hydrogens is 557 g/mol. The molecule has 0 N–H and O–H groups in total. The van der Waals surface area contributed by atoms with Crippen LogP contribution in [0.15, 0.2) is 36.4 Å². The van der Waals surface area contributed by atoms with E-state index in [1.807, 2.05) is 19.1 Å². The Kier molecular flexibility index (Phi) is 14.9. The van der Waals surface area contributed by atoms with E-state index in [0.717, 1.165) is 44.1 Å². The largest absolute Gasteiger partial charge is 0.490 e. The molecule has 238 valence electrons. The first-order valence-electron chi connectivity index (χ1n) is 16.1. The quantitative estimate of drug-likeness (QED) is 0.0963. The average molecular weight is 605 g/mol. The van der Waals surface area contributed by atoms with Crippen molar-refractivity contribution in [1.29, 1.82) is 0 Å². The second kappa shape index (κ2) is 18.6. The van der Waals surface area contributed by atoms with Crippen molar-refractivity contribution in [3.05, 3.63) is 59.2 Å². The highest BCUT2D eigenvalue weighted by molar-refractivity contribution is 5.91. The second-order valence-electron chi connectivity index (χ2n) is 11.5. The fourth-order valence-corrected chi connectivity index (χ4v) is 5.44. The van der Waals surface area contributed by atoms with Crippen LogP contribution in [0.3, 0.4) is 0 Å². The van der Waals surface area contributed by atoms with Crippen molar-refractivity contribution >= 4 is 11.9 Å². The summed E-state index contributed by atoms with van der Waals surface area (Å²) in [6.07, 6.45) is 11.6. The summed E-state index contributed by atoms with van der Waals surface area (Å²) in [6, 6.07) is 9.35. The van der Waals surface area contributed by atoms with E-state index in [9.17, 15) is 22.8 Å². The van der Waals surface area contributed by atoms with Crippen LogP contribution < -0.4 is 9.47 Å². The zero-order chi connectivity index (χ0) is 31.0. The number of hydrogen-bond acceptors (Lipinski definition) is 5. The van der Waals surface area contributed by atoms with Gasteiger partial charge in [-0.1, -0.05) is 83.8 Å². The first kappa shape index (κ1) is 34.5. The number of benzene rings is 2. The Morgan fingerprint density at radius 2 is 1.42 bits per heavy atom. The van der Waals surface area contributed by atoms with Gasteiger partial charge >= 0.3 is 11.9 Å². The number of ether oxygens (including phenoxy) is 3. The lowest BCUT2D eigenvalue weighted by molar-refractivity contribution is -0.157. The van der Waals surface area contributed by atoms with Gasteiger partial charge in [-0.2, -0.15) is 4.39 Å². The van der Waals surface area contributed by atoms with Gasteiger partial charge in [-0.25, -0.2) is 18.4 Å². The van der Waals surface area contributed by atoms with Gasteiger partial charge in [0.25, 0.3) is 0 Å². The fraction of sp³-hybridized carbons (Fsp3) is 0.600. The summed E-state index contributed by atoms with van der Waals surface area (Å²) in [5.74, 6) is -4.03. The van der Waals surface area contributed by atoms with E-state index >= 15 is 0 Å². The molecule has 5 nitrogen and oxygen atoms in total. The highest BCUT2D eigenvalue weighted by Crippen LogP contribution is 2.35. The van der Waals surface area contributed by atoms with Crippen LogP contribution >= 0.6 is 0 Å². The van der Waals surface area contributed by atoms with Gasteiger partial charge in [-0.3, -0.25) is 0 Å². The van der Waals surface area contributed by atoms with Gasteiger partial charge in [0, 0.05) is 0 Å². The van der Waals surface area contributed by atoms with Crippen molar-refractivity contribution < 1.29 is 37.0 Å². The number of esters is 2. The van der Waals surface area contributed by atoms with Crippen LogP contribution in [0.5, 0.6) is 11.5 Å². The Morgan fingerprint density at radius 1 is 0.791 bits per heavy atom. The summed E-state index contributed by atoms with van der Waals surface area (Å²) in [5, 5.41) is 0. The maximum Gasteiger partial charge on any atom is 0.346 e. The molecule has 0 bridgehead atoms. The monoisotopic (exact) mass is 604 g/mol. The van der Waals surface area contributed by atoms with E-state index in [1.54, 1.807) is 12.1 Å². The summed E-state index contributed by atoms with van der Waals surface area (Å²) in [5.41, 5.74) is 0.533. The molecule has 2 aromatic rings. The van der Waals surface area contributed by atoms with Gasteiger partial charge in [0.05, 0.1) is 12.2 Å². The highest BCUT2D eigenvalue weighted by Gasteiger charge is 2.28. The van der Waals surface area contributed by atoms with Gasteiger partial charge in [0.15, 0.2) is 17.7 Å². The fourth-order valence-electron chi connectivity index (χ4n) is 5.44. The standard InChI is InChI=1S/C35H47F3O5/c1-3-5-7-8-9-10-11-12-24-41-31-23-22-29(32(37)33(31)38)34(39)42-27-18-14-25(15-19-27)26-16-20-28(21-17-26)43-35(40)30(36)13-6-4-2/h14-15,18-19,22-23,26,28,30H,3-13,16-17,20-21,24H2,1-2H3/t26?,28?,30-/m0/s1. The number of halogens is 3. The SMILES string of the molecule is CCCCCCCCCCOc1ccc(C(=O)Oc2ccc(C3CCC(OC(=O)[C@@H](F)CCCC)CC3)cc2)c(F)c1F. The zero-order valence-electron chi connectivity index (χ0n) is 25.7. The van der Waals surface area contributed by atoms with Crippen LogP contribution in [0.1, 0.15) is 132 Å². The number of carbonyl (C=O) groups is 2. The zero-order valence-corrected chi connectivity index (χ0v) is 25.7. The molecule has 1 atom stereocenters. The van der Waals surface area contributed by atoms with Crippen LogP contribution in [0, 0.1) is 11.6 Å². The number of hydrogen-bond donors (Lipinski definition) is 0. The van der Waals surface area contributed by atoms with Crippen LogP contribution in [-0.4, -0.2) is 30.8 Å². The maximum atomic E-state index is 14.7. The molecule has 1 fully saturated rings. The molecule has 43 heavy (non-hydrogen) atoms. The van der Waals surface area contributed by atoms with Crippen molar-refractivity contribution in [2.45, 2.75) is 128 Å². The molecule has 0 radical (unpaired) electrons. The van der Waals surface area contributed by atoms with E-state index in [-0.39, 0.29) is 36.5 Å². The van der Waals surface area contributed by atoms with E-state index in [4.69, 9.17) is 14.2 Å². The van der Waals surface area contributed by atoms with Crippen molar-refractivity contribution in [3.8, 4) is 11.5 Å². The van der Waals surface area contributed by atoms with Crippen LogP contribution in [0.2, 0.25) is 0 Å². The Bertz CT molecular complexity index is 1130. The summed E-state index contributed by atoms with van der Waals surface area (Å²) in [6.45, 7) is 4.42. The normalized spacial score (nSPS) is 17.3. The third-order valence-corrected chi connectivity index (χ3v) is 8.11. The highest BCUT2D eigenvalue weighted by atomic mass is 19.2. The summed E-state index contributed by atoms with van der Waals surface area (Å²) in [4.78, 5) is 24.6. The molecule has 0 heterocycles. The molecule has 1 aliphatic rings. The topological polar surface area (TPSA) is 61.8 Å². The number of unbranched alkanes of at least 4 members (excludes halogenated alkanes) is 8. The molecule has 1 saturated carbocycles. The average Bonchev–Trinajstić information content (AvgIpc) is 3.01. The number of carbonyl (C=O) groups excluding carboxylic acids is 2. The van der Waals surface area contributed by atoms with Gasteiger partial charge < -0.3 is 14.2 Å². The molecule has 0 unspecified atom stereocenters. The van der Waals surface area contributed by atoms with E-state index in [1.165, 1.54) is 44.2 Å². The summed E-state index contributed by atoms with van der Waals surface area (Å²) in [7, 11) is 0. The minimum Gasteiger partial charge on any atom is -0.490 e. The minimum atomic E-state index is -1.56. The Balaban J connectivity index is 1.43. The van der Waals surface area contributed by atoms with Crippen LogP contribution in [0.25, 0.3) is 0 Å². The molecule has 0 amide bonds. The molecule has 0 aliphatic heterocycles. The van der Waals surface area contributed by atoms with Crippen molar-refractivity contribution in [2.24, 2.45) is 0 Å². The lowest BCUT2D eigenvalue weighted by Crippen LogP contribution is -2.28. The first-order valence-corrected chi connectivity index (χ1v) is 16.1. The van der Waals surface area contributed by atoms with Crippen molar-refractivity contribution in [2.75, 3.05) is 6.61 Å². The molecule has 0 saturated heterocycles. The third-order valence-electron chi connectivity index (χ3n) is 8.11. The van der Waals surface area contributed by atoms with Crippen LogP contribution in [-0.2, 0) is 9.53 Å². The molecule has 8 heteroatoms. The molecule has 1 aliphatic carbocycles. The van der Waals surface area contributed by atoms with Crippen molar-refractivity contribution in [1.82, 2.24) is 0 Å².